The lowest BCUT2D eigenvalue weighted by Gasteiger charge is -2.42. The predicted octanol–water partition coefficient (Wildman–Crippen LogP) is -0.151. The fourth-order valence-corrected chi connectivity index (χ4v) is 2.44. The van der Waals surface area contributed by atoms with Crippen molar-refractivity contribution < 1.29 is 0 Å². The Morgan fingerprint density at radius 2 is 1.47 bits per heavy atom. The van der Waals surface area contributed by atoms with Crippen LogP contribution in [0.15, 0.2) is 0 Å². The molecule has 2 aliphatic rings. The Hall–Kier alpha value is -0.160. The van der Waals surface area contributed by atoms with Gasteiger partial charge in [-0.1, -0.05) is 6.92 Å². The highest BCUT2D eigenvalue weighted by atomic mass is 15.6. The molecule has 0 aromatic carbocycles. The van der Waals surface area contributed by atoms with Crippen molar-refractivity contribution in [3.63, 3.8) is 0 Å². The summed E-state index contributed by atoms with van der Waals surface area (Å²) >= 11 is 0. The van der Waals surface area contributed by atoms with Crippen LogP contribution in [0.2, 0.25) is 0 Å². The van der Waals surface area contributed by atoms with E-state index in [-0.39, 0.29) is 0 Å². The summed E-state index contributed by atoms with van der Waals surface area (Å²) in [6.45, 7) is 12.7. The predicted molar refractivity (Wildman–Crippen MR) is 61.7 cm³/mol. The molecule has 0 N–H and O–H groups in total. The van der Waals surface area contributed by atoms with E-state index < -0.39 is 0 Å². The van der Waals surface area contributed by atoms with Crippen LogP contribution in [0.4, 0.5) is 0 Å². The molecule has 2 heterocycles. The highest BCUT2D eigenvalue weighted by molar-refractivity contribution is 4.73. The van der Waals surface area contributed by atoms with Crippen molar-refractivity contribution in [2.24, 2.45) is 0 Å². The zero-order valence-electron chi connectivity index (χ0n) is 9.86. The first kappa shape index (κ1) is 11.3. The van der Waals surface area contributed by atoms with Gasteiger partial charge in [-0.25, -0.2) is 15.3 Å². The molecule has 87 valence electrons. The van der Waals surface area contributed by atoms with E-state index >= 15 is 0 Å². The second-order valence-electron chi connectivity index (χ2n) is 4.42. The quantitative estimate of drug-likeness (QED) is 0.649. The molecular weight excluding hydrogens is 188 g/mol. The van der Waals surface area contributed by atoms with Gasteiger partial charge in [0.25, 0.3) is 0 Å². The minimum atomic E-state index is 1.02. The van der Waals surface area contributed by atoms with Gasteiger partial charge in [0.05, 0.1) is 0 Å². The summed E-state index contributed by atoms with van der Waals surface area (Å²) < 4.78 is 0. The van der Waals surface area contributed by atoms with E-state index in [2.05, 4.69) is 27.2 Å². The zero-order valence-corrected chi connectivity index (χ0v) is 9.86. The normalized spacial score (nSPS) is 27.0. The first-order chi connectivity index (χ1) is 7.40. The van der Waals surface area contributed by atoms with Gasteiger partial charge in [0, 0.05) is 52.4 Å². The molecule has 0 atom stereocenters. The van der Waals surface area contributed by atoms with Gasteiger partial charge >= 0.3 is 0 Å². The van der Waals surface area contributed by atoms with Crippen LogP contribution in [0.5, 0.6) is 0 Å². The zero-order chi connectivity index (χ0) is 10.5. The first-order valence-electron chi connectivity index (χ1n) is 6.25. The SMILES string of the molecule is CCCN1CCN(N2CC[N]CC2)CC1. The number of hydrogen-bond acceptors (Lipinski definition) is 3. The molecule has 4 heteroatoms. The lowest BCUT2D eigenvalue weighted by Crippen LogP contribution is -2.57. The fraction of sp³-hybridized carbons (Fsp3) is 1.00. The molecule has 0 unspecified atom stereocenters. The summed E-state index contributed by atoms with van der Waals surface area (Å²) in [5, 5.41) is 9.41. The number of rotatable bonds is 3. The largest absolute Gasteiger partial charge is 0.301 e. The first-order valence-corrected chi connectivity index (χ1v) is 6.25. The van der Waals surface area contributed by atoms with Crippen molar-refractivity contribution in [3.05, 3.63) is 0 Å². The van der Waals surface area contributed by atoms with E-state index in [4.69, 9.17) is 0 Å². The molecule has 2 rings (SSSR count). The molecule has 0 aromatic rings. The lowest BCUT2D eigenvalue weighted by atomic mass is 10.3. The molecule has 0 aliphatic carbocycles. The Morgan fingerprint density at radius 3 is 2.07 bits per heavy atom. The van der Waals surface area contributed by atoms with Gasteiger partial charge in [0.1, 0.15) is 0 Å². The molecule has 2 aliphatic heterocycles. The molecule has 0 bridgehead atoms. The number of hydrazine groups is 1. The number of nitrogens with zero attached hydrogens (tertiary/aromatic N) is 4. The second-order valence-corrected chi connectivity index (χ2v) is 4.42. The van der Waals surface area contributed by atoms with Gasteiger partial charge < -0.3 is 4.90 Å². The van der Waals surface area contributed by atoms with Crippen molar-refractivity contribution in [2.45, 2.75) is 13.3 Å². The summed E-state index contributed by atoms with van der Waals surface area (Å²) in [6, 6.07) is 0. The molecule has 2 fully saturated rings. The van der Waals surface area contributed by atoms with Crippen molar-refractivity contribution in [2.75, 3.05) is 58.9 Å². The van der Waals surface area contributed by atoms with Gasteiger partial charge in [0.2, 0.25) is 0 Å². The van der Waals surface area contributed by atoms with Crippen LogP contribution >= 0.6 is 0 Å². The maximum absolute atomic E-state index is 4.39. The third-order valence-electron chi connectivity index (χ3n) is 3.32. The third kappa shape index (κ3) is 3.14. The Balaban J connectivity index is 1.72. The fourth-order valence-electron chi connectivity index (χ4n) is 2.44. The Morgan fingerprint density at radius 1 is 0.867 bits per heavy atom. The van der Waals surface area contributed by atoms with E-state index in [1.54, 1.807) is 0 Å². The van der Waals surface area contributed by atoms with Crippen LogP contribution < -0.4 is 5.32 Å². The van der Waals surface area contributed by atoms with E-state index in [1.807, 2.05) is 0 Å². The molecule has 15 heavy (non-hydrogen) atoms. The molecule has 0 aromatic heterocycles. The maximum atomic E-state index is 4.39. The lowest BCUT2D eigenvalue weighted by molar-refractivity contribution is -0.0641. The molecule has 0 saturated carbocycles. The minimum Gasteiger partial charge on any atom is -0.301 e. The second kappa shape index (κ2) is 5.80. The van der Waals surface area contributed by atoms with Crippen LogP contribution in [-0.2, 0) is 0 Å². The Kier molecular flexibility index (Phi) is 4.38. The van der Waals surface area contributed by atoms with Gasteiger partial charge in [-0.05, 0) is 13.0 Å². The molecule has 2 saturated heterocycles. The van der Waals surface area contributed by atoms with Crippen LogP contribution in [-0.4, -0.2) is 73.8 Å². The molecule has 0 amide bonds. The van der Waals surface area contributed by atoms with Crippen molar-refractivity contribution in [1.29, 1.82) is 0 Å². The monoisotopic (exact) mass is 211 g/mol. The summed E-state index contributed by atoms with van der Waals surface area (Å²) in [4.78, 5) is 2.57. The highest BCUT2D eigenvalue weighted by Crippen LogP contribution is 2.07. The topological polar surface area (TPSA) is 23.8 Å². The van der Waals surface area contributed by atoms with E-state index in [0.717, 1.165) is 26.2 Å². The average molecular weight is 211 g/mol. The standard InChI is InChI=1S/C11H23N4/c1-2-5-13-8-10-15(11-9-13)14-6-3-12-4-7-14/h2-11H2,1H3. The molecule has 4 nitrogen and oxygen atoms in total. The molecular formula is C11H23N4. The summed E-state index contributed by atoms with van der Waals surface area (Å²) in [5.41, 5.74) is 0. The number of piperazine rings is 2. The van der Waals surface area contributed by atoms with Crippen LogP contribution in [0, 0.1) is 0 Å². The van der Waals surface area contributed by atoms with Crippen molar-refractivity contribution >= 4 is 0 Å². The van der Waals surface area contributed by atoms with Crippen LogP contribution in [0.1, 0.15) is 13.3 Å². The minimum absolute atomic E-state index is 1.02. The summed E-state index contributed by atoms with van der Waals surface area (Å²) in [7, 11) is 0. The number of hydrogen-bond donors (Lipinski definition) is 0. The van der Waals surface area contributed by atoms with E-state index in [9.17, 15) is 0 Å². The highest BCUT2D eigenvalue weighted by Gasteiger charge is 2.22. The molecule has 1 radical (unpaired) electrons. The Bertz CT molecular complexity index is 171. The molecule has 0 spiro atoms. The van der Waals surface area contributed by atoms with Gasteiger partial charge in [-0.15, -0.1) is 0 Å². The van der Waals surface area contributed by atoms with Gasteiger partial charge in [-0.3, -0.25) is 0 Å². The summed E-state index contributed by atoms with van der Waals surface area (Å²) in [6.07, 6.45) is 1.28. The van der Waals surface area contributed by atoms with Gasteiger partial charge in [-0.2, -0.15) is 0 Å². The van der Waals surface area contributed by atoms with Crippen LogP contribution in [0.3, 0.4) is 0 Å². The summed E-state index contributed by atoms with van der Waals surface area (Å²) in [5.74, 6) is 0. The average Bonchev–Trinajstić information content (AvgIpc) is 2.32. The Labute approximate surface area is 93.2 Å². The smallest absolute Gasteiger partial charge is 0.0275 e. The van der Waals surface area contributed by atoms with E-state index in [1.165, 1.54) is 39.1 Å². The van der Waals surface area contributed by atoms with E-state index in [0.29, 0.717) is 0 Å². The van der Waals surface area contributed by atoms with Crippen LogP contribution in [0.25, 0.3) is 0 Å². The maximum Gasteiger partial charge on any atom is 0.0275 e. The third-order valence-corrected chi connectivity index (χ3v) is 3.32. The van der Waals surface area contributed by atoms with Gasteiger partial charge in [0.15, 0.2) is 0 Å². The van der Waals surface area contributed by atoms with Crippen molar-refractivity contribution in [3.8, 4) is 0 Å². The van der Waals surface area contributed by atoms with Crippen molar-refractivity contribution in [1.82, 2.24) is 20.2 Å².